The Kier molecular flexibility index (Phi) is 5.49. The Labute approximate surface area is 89.1 Å². The van der Waals surface area contributed by atoms with E-state index in [2.05, 4.69) is 24.1 Å². The van der Waals surface area contributed by atoms with Crippen LogP contribution in [0.25, 0.3) is 0 Å². The van der Waals surface area contributed by atoms with Crippen LogP contribution in [-0.2, 0) is 0 Å². The standard InChI is InChI=1S/C12H26N2/c1-4-10-14(12-7-8-12)11(2)6-5-9-13-3/h11-13H,4-10H2,1-3H3. The molecule has 0 saturated heterocycles. The molecule has 2 nitrogen and oxygen atoms in total. The molecule has 1 unspecified atom stereocenters. The zero-order valence-electron chi connectivity index (χ0n) is 10.1. The van der Waals surface area contributed by atoms with E-state index in [-0.39, 0.29) is 0 Å². The van der Waals surface area contributed by atoms with Crippen molar-refractivity contribution in [3.05, 3.63) is 0 Å². The zero-order chi connectivity index (χ0) is 10.4. The van der Waals surface area contributed by atoms with E-state index in [0.717, 1.165) is 18.6 Å². The molecule has 0 spiro atoms. The number of hydrogen-bond acceptors (Lipinski definition) is 2. The molecule has 0 aromatic carbocycles. The maximum atomic E-state index is 3.22. The van der Waals surface area contributed by atoms with Gasteiger partial charge in [0.1, 0.15) is 0 Å². The summed E-state index contributed by atoms with van der Waals surface area (Å²) in [6.07, 6.45) is 6.83. The van der Waals surface area contributed by atoms with Gasteiger partial charge in [0, 0.05) is 12.1 Å². The van der Waals surface area contributed by atoms with E-state index in [1.54, 1.807) is 0 Å². The van der Waals surface area contributed by atoms with Gasteiger partial charge in [0.25, 0.3) is 0 Å². The van der Waals surface area contributed by atoms with Gasteiger partial charge in [-0.05, 0) is 59.2 Å². The summed E-state index contributed by atoms with van der Waals surface area (Å²) in [7, 11) is 2.04. The molecule has 14 heavy (non-hydrogen) atoms. The Bertz CT molecular complexity index is 143. The van der Waals surface area contributed by atoms with Crippen molar-refractivity contribution in [1.29, 1.82) is 0 Å². The molecule has 84 valence electrons. The van der Waals surface area contributed by atoms with Crippen molar-refractivity contribution in [1.82, 2.24) is 10.2 Å². The minimum Gasteiger partial charge on any atom is -0.320 e. The van der Waals surface area contributed by atoms with Crippen LogP contribution in [0.2, 0.25) is 0 Å². The maximum Gasteiger partial charge on any atom is 0.00992 e. The first kappa shape index (κ1) is 12.0. The fourth-order valence-corrected chi connectivity index (χ4v) is 2.17. The first-order valence-electron chi connectivity index (χ1n) is 6.20. The second-order valence-electron chi connectivity index (χ2n) is 4.56. The zero-order valence-corrected chi connectivity index (χ0v) is 10.1. The average Bonchev–Trinajstić information content (AvgIpc) is 2.98. The second kappa shape index (κ2) is 6.41. The predicted octanol–water partition coefficient (Wildman–Crippen LogP) is 2.25. The molecule has 1 atom stereocenters. The number of rotatable bonds is 8. The Balaban J connectivity index is 2.19. The molecule has 0 aliphatic heterocycles. The van der Waals surface area contributed by atoms with E-state index in [1.807, 2.05) is 7.05 Å². The topological polar surface area (TPSA) is 15.3 Å². The normalized spacial score (nSPS) is 18.9. The van der Waals surface area contributed by atoms with E-state index in [4.69, 9.17) is 0 Å². The van der Waals surface area contributed by atoms with Crippen molar-refractivity contribution in [2.45, 2.75) is 58.0 Å². The van der Waals surface area contributed by atoms with Crippen molar-refractivity contribution in [3.8, 4) is 0 Å². The number of nitrogens with one attached hydrogen (secondary N) is 1. The molecule has 0 aromatic rings. The largest absolute Gasteiger partial charge is 0.320 e. The Hall–Kier alpha value is -0.0800. The van der Waals surface area contributed by atoms with Gasteiger partial charge >= 0.3 is 0 Å². The van der Waals surface area contributed by atoms with Crippen LogP contribution in [0.5, 0.6) is 0 Å². The molecule has 0 amide bonds. The van der Waals surface area contributed by atoms with Crippen LogP contribution >= 0.6 is 0 Å². The molecular weight excluding hydrogens is 172 g/mol. The van der Waals surface area contributed by atoms with Crippen LogP contribution in [0, 0.1) is 0 Å². The second-order valence-corrected chi connectivity index (χ2v) is 4.56. The lowest BCUT2D eigenvalue weighted by molar-refractivity contribution is 0.187. The van der Waals surface area contributed by atoms with Crippen molar-refractivity contribution >= 4 is 0 Å². The minimum atomic E-state index is 0.788. The molecule has 1 N–H and O–H groups in total. The molecule has 1 rings (SSSR count). The van der Waals surface area contributed by atoms with Gasteiger partial charge in [-0.3, -0.25) is 4.90 Å². The highest BCUT2D eigenvalue weighted by molar-refractivity contribution is 4.87. The maximum absolute atomic E-state index is 3.22. The van der Waals surface area contributed by atoms with Crippen LogP contribution in [-0.4, -0.2) is 37.1 Å². The monoisotopic (exact) mass is 198 g/mol. The van der Waals surface area contributed by atoms with Crippen molar-refractivity contribution in [2.24, 2.45) is 0 Å². The molecule has 1 saturated carbocycles. The summed E-state index contributed by atoms with van der Waals surface area (Å²) in [6.45, 7) is 7.14. The van der Waals surface area contributed by atoms with Crippen molar-refractivity contribution in [3.63, 3.8) is 0 Å². The summed E-state index contributed by atoms with van der Waals surface area (Å²) in [5.41, 5.74) is 0. The van der Waals surface area contributed by atoms with Crippen molar-refractivity contribution < 1.29 is 0 Å². The van der Waals surface area contributed by atoms with Crippen molar-refractivity contribution in [2.75, 3.05) is 20.1 Å². The quantitative estimate of drug-likeness (QED) is 0.602. The molecule has 0 aromatic heterocycles. The lowest BCUT2D eigenvalue weighted by Crippen LogP contribution is -2.36. The summed E-state index contributed by atoms with van der Waals surface area (Å²) >= 11 is 0. The third kappa shape index (κ3) is 3.97. The van der Waals surface area contributed by atoms with Gasteiger partial charge in [-0.15, -0.1) is 0 Å². The summed E-state index contributed by atoms with van der Waals surface area (Å²) in [5.74, 6) is 0. The molecule has 1 aliphatic rings. The summed E-state index contributed by atoms with van der Waals surface area (Å²) in [6, 6.07) is 1.72. The van der Waals surface area contributed by atoms with Gasteiger partial charge in [-0.2, -0.15) is 0 Å². The van der Waals surface area contributed by atoms with Gasteiger partial charge < -0.3 is 5.32 Å². The fraction of sp³-hybridized carbons (Fsp3) is 1.00. The summed E-state index contributed by atoms with van der Waals surface area (Å²) < 4.78 is 0. The average molecular weight is 198 g/mol. The highest BCUT2D eigenvalue weighted by Crippen LogP contribution is 2.29. The van der Waals surface area contributed by atoms with Crippen LogP contribution in [0.1, 0.15) is 46.0 Å². The van der Waals surface area contributed by atoms with Crippen LogP contribution in [0.15, 0.2) is 0 Å². The van der Waals surface area contributed by atoms with Crippen LogP contribution in [0.4, 0.5) is 0 Å². The van der Waals surface area contributed by atoms with Gasteiger partial charge in [-0.1, -0.05) is 6.92 Å². The van der Waals surface area contributed by atoms with E-state index in [0.29, 0.717) is 0 Å². The number of hydrogen-bond donors (Lipinski definition) is 1. The van der Waals surface area contributed by atoms with E-state index >= 15 is 0 Å². The lowest BCUT2D eigenvalue weighted by atomic mass is 10.1. The molecule has 1 aliphatic carbocycles. The highest BCUT2D eigenvalue weighted by Gasteiger charge is 2.30. The summed E-state index contributed by atoms with van der Waals surface area (Å²) in [5, 5.41) is 3.22. The van der Waals surface area contributed by atoms with Crippen LogP contribution in [0.3, 0.4) is 0 Å². The third-order valence-electron chi connectivity index (χ3n) is 3.11. The molecular formula is C12H26N2. The Morgan fingerprint density at radius 1 is 1.43 bits per heavy atom. The first-order chi connectivity index (χ1) is 6.79. The fourth-order valence-electron chi connectivity index (χ4n) is 2.17. The van der Waals surface area contributed by atoms with Gasteiger partial charge in [0.2, 0.25) is 0 Å². The molecule has 1 fully saturated rings. The Morgan fingerprint density at radius 3 is 2.64 bits per heavy atom. The molecule has 0 bridgehead atoms. The van der Waals surface area contributed by atoms with E-state index in [1.165, 1.54) is 38.6 Å². The smallest absolute Gasteiger partial charge is 0.00992 e. The number of nitrogens with zero attached hydrogens (tertiary/aromatic N) is 1. The molecule has 0 radical (unpaired) electrons. The molecule has 2 heteroatoms. The third-order valence-corrected chi connectivity index (χ3v) is 3.11. The summed E-state index contributed by atoms with van der Waals surface area (Å²) in [4.78, 5) is 2.72. The SMILES string of the molecule is CCCN(C(C)CCCNC)C1CC1. The van der Waals surface area contributed by atoms with Gasteiger partial charge in [-0.25, -0.2) is 0 Å². The highest BCUT2D eigenvalue weighted by atomic mass is 15.2. The van der Waals surface area contributed by atoms with E-state index in [9.17, 15) is 0 Å². The predicted molar refractivity (Wildman–Crippen MR) is 62.6 cm³/mol. The minimum absolute atomic E-state index is 0.788. The first-order valence-corrected chi connectivity index (χ1v) is 6.20. The van der Waals surface area contributed by atoms with Crippen LogP contribution < -0.4 is 5.32 Å². The van der Waals surface area contributed by atoms with Gasteiger partial charge in [0.15, 0.2) is 0 Å². The Morgan fingerprint density at radius 2 is 2.14 bits per heavy atom. The molecule has 0 heterocycles. The van der Waals surface area contributed by atoms with E-state index < -0.39 is 0 Å². The van der Waals surface area contributed by atoms with Gasteiger partial charge in [0.05, 0.1) is 0 Å². The lowest BCUT2D eigenvalue weighted by Gasteiger charge is -2.28.